The molecule has 1 aliphatic carbocycles. The molecule has 1 aliphatic rings. The highest BCUT2D eigenvalue weighted by Crippen LogP contribution is 2.25. The number of aliphatic hydroxyl groups is 1. The van der Waals surface area contributed by atoms with Gasteiger partial charge in [-0.2, -0.15) is 0 Å². The lowest BCUT2D eigenvalue weighted by Crippen LogP contribution is -2.28. The molecular weight excluding hydrogens is 318 g/mol. The Morgan fingerprint density at radius 3 is 2.89 bits per heavy atom. The summed E-state index contributed by atoms with van der Waals surface area (Å²) in [5.41, 5.74) is 0.588. The molecule has 0 spiro atoms. The van der Waals surface area contributed by atoms with Crippen molar-refractivity contribution in [2.24, 2.45) is 5.92 Å². The van der Waals surface area contributed by atoms with Crippen LogP contribution in [-0.4, -0.2) is 23.7 Å². The van der Waals surface area contributed by atoms with E-state index in [-0.39, 0.29) is 12.0 Å². The number of carbonyl (C=O) groups is 1. The predicted molar refractivity (Wildman–Crippen MR) is 74.8 cm³/mol. The zero-order chi connectivity index (χ0) is 13.1. The molecule has 0 heterocycles. The molecule has 98 valence electrons. The summed E-state index contributed by atoms with van der Waals surface area (Å²) in [5, 5.41) is 12.9. The molecule has 3 nitrogen and oxygen atoms in total. The molecule has 5 heteroatoms. The zero-order valence-corrected chi connectivity index (χ0v) is 12.2. The van der Waals surface area contributed by atoms with Gasteiger partial charge in [-0.3, -0.25) is 4.79 Å². The lowest BCUT2D eigenvalue weighted by atomic mass is 10.1. The van der Waals surface area contributed by atoms with Gasteiger partial charge in [0.1, 0.15) is 0 Å². The third-order valence-corrected chi connectivity index (χ3v) is 4.46. The second-order valence-electron chi connectivity index (χ2n) is 4.67. The summed E-state index contributed by atoms with van der Waals surface area (Å²) in [6, 6.07) is 5.10. The van der Waals surface area contributed by atoms with Crippen LogP contribution in [0.15, 0.2) is 22.7 Å². The van der Waals surface area contributed by atoms with Crippen molar-refractivity contribution in [1.29, 1.82) is 0 Å². The highest BCUT2D eigenvalue weighted by atomic mass is 79.9. The molecule has 0 aliphatic heterocycles. The van der Waals surface area contributed by atoms with Crippen molar-refractivity contribution < 1.29 is 9.90 Å². The fourth-order valence-electron chi connectivity index (χ4n) is 2.21. The van der Waals surface area contributed by atoms with E-state index in [9.17, 15) is 9.90 Å². The molecule has 1 amide bonds. The lowest BCUT2D eigenvalue weighted by Gasteiger charge is -2.11. The number of amides is 1. The Bertz CT molecular complexity index is 453. The molecule has 18 heavy (non-hydrogen) atoms. The first kappa shape index (κ1) is 13.8. The van der Waals surface area contributed by atoms with Gasteiger partial charge in [-0.15, -0.1) is 0 Å². The number of rotatable bonds is 3. The topological polar surface area (TPSA) is 49.3 Å². The smallest absolute Gasteiger partial charge is 0.251 e. The summed E-state index contributed by atoms with van der Waals surface area (Å²) in [6.07, 6.45) is 2.40. The van der Waals surface area contributed by atoms with E-state index in [0.29, 0.717) is 27.5 Å². The highest BCUT2D eigenvalue weighted by Gasteiger charge is 2.23. The second-order valence-corrected chi connectivity index (χ2v) is 5.93. The second kappa shape index (κ2) is 6.04. The summed E-state index contributed by atoms with van der Waals surface area (Å²) < 4.78 is 0.716. The van der Waals surface area contributed by atoms with Gasteiger partial charge in [0.15, 0.2) is 0 Å². The van der Waals surface area contributed by atoms with E-state index in [0.717, 1.165) is 19.3 Å². The molecule has 1 saturated carbocycles. The molecule has 2 N–H and O–H groups in total. The Balaban J connectivity index is 1.89. The summed E-state index contributed by atoms with van der Waals surface area (Å²) >= 11 is 9.17. The standard InChI is InChI=1S/C13H15BrClNO2/c14-11-6-9(2-4-12(11)15)13(18)16-7-8-1-3-10(17)5-8/h2,4,6,8,10,17H,1,3,5,7H2,(H,16,18). The van der Waals surface area contributed by atoms with Crippen molar-refractivity contribution in [3.8, 4) is 0 Å². The molecule has 0 saturated heterocycles. The van der Waals surface area contributed by atoms with Crippen LogP contribution >= 0.6 is 27.5 Å². The number of hydrogen-bond donors (Lipinski definition) is 2. The third kappa shape index (κ3) is 3.46. The normalized spacial score (nSPS) is 23.1. The van der Waals surface area contributed by atoms with E-state index >= 15 is 0 Å². The van der Waals surface area contributed by atoms with Crippen LogP contribution in [0.25, 0.3) is 0 Å². The van der Waals surface area contributed by atoms with Crippen LogP contribution in [-0.2, 0) is 0 Å². The number of benzene rings is 1. The first-order valence-electron chi connectivity index (χ1n) is 5.97. The van der Waals surface area contributed by atoms with E-state index < -0.39 is 0 Å². The zero-order valence-electron chi connectivity index (χ0n) is 9.83. The van der Waals surface area contributed by atoms with Gasteiger partial charge in [0, 0.05) is 16.6 Å². The first-order chi connectivity index (χ1) is 8.56. The quantitative estimate of drug-likeness (QED) is 0.894. The summed E-state index contributed by atoms with van der Waals surface area (Å²) in [6.45, 7) is 0.621. The van der Waals surface area contributed by atoms with E-state index in [2.05, 4.69) is 21.2 Å². The number of hydrogen-bond acceptors (Lipinski definition) is 2. The SMILES string of the molecule is O=C(NCC1CCC(O)C1)c1ccc(Cl)c(Br)c1. The minimum atomic E-state index is -0.198. The van der Waals surface area contributed by atoms with Crippen molar-refractivity contribution in [2.45, 2.75) is 25.4 Å². The molecule has 1 fully saturated rings. The average molecular weight is 333 g/mol. The van der Waals surface area contributed by atoms with Crippen LogP contribution in [0.4, 0.5) is 0 Å². The molecule has 2 atom stereocenters. The fourth-order valence-corrected chi connectivity index (χ4v) is 2.71. The molecule has 1 aromatic carbocycles. The van der Waals surface area contributed by atoms with E-state index in [1.165, 1.54) is 0 Å². The number of halogens is 2. The number of carbonyl (C=O) groups excluding carboxylic acids is 1. The van der Waals surface area contributed by atoms with Crippen molar-refractivity contribution in [3.63, 3.8) is 0 Å². The Morgan fingerprint density at radius 1 is 1.50 bits per heavy atom. The van der Waals surface area contributed by atoms with Gasteiger partial charge in [0.05, 0.1) is 11.1 Å². The van der Waals surface area contributed by atoms with Crippen molar-refractivity contribution in [2.75, 3.05) is 6.54 Å². The van der Waals surface area contributed by atoms with Gasteiger partial charge in [0.25, 0.3) is 5.91 Å². The minimum absolute atomic E-state index is 0.103. The Kier molecular flexibility index (Phi) is 4.65. The minimum Gasteiger partial charge on any atom is -0.393 e. The highest BCUT2D eigenvalue weighted by molar-refractivity contribution is 9.10. The summed E-state index contributed by atoms with van der Waals surface area (Å²) in [7, 11) is 0. The maximum atomic E-state index is 11.9. The first-order valence-corrected chi connectivity index (χ1v) is 7.14. The maximum Gasteiger partial charge on any atom is 0.251 e. The van der Waals surface area contributed by atoms with Crippen molar-refractivity contribution in [3.05, 3.63) is 33.3 Å². The molecule has 0 bridgehead atoms. The monoisotopic (exact) mass is 331 g/mol. The van der Waals surface area contributed by atoms with Crippen molar-refractivity contribution >= 4 is 33.4 Å². The Labute approximate surface area is 120 Å². The number of nitrogens with one attached hydrogen (secondary N) is 1. The van der Waals surface area contributed by atoms with Crippen molar-refractivity contribution in [1.82, 2.24) is 5.32 Å². The molecule has 0 radical (unpaired) electrons. The van der Waals surface area contributed by atoms with Gasteiger partial charge in [-0.1, -0.05) is 11.6 Å². The molecular formula is C13H15BrClNO2. The number of aliphatic hydroxyl groups excluding tert-OH is 1. The molecule has 0 aromatic heterocycles. The third-order valence-electron chi connectivity index (χ3n) is 3.25. The van der Waals surface area contributed by atoms with Gasteiger partial charge in [-0.05, 0) is 59.3 Å². The van der Waals surface area contributed by atoms with Crippen LogP contribution in [0.5, 0.6) is 0 Å². The average Bonchev–Trinajstić information content (AvgIpc) is 2.75. The van der Waals surface area contributed by atoms with Crippen LogP contribution in [0.2, 0.25) is 5.02 Å². The van der Waals surface area contributed by atoms with Gasteiger partial charge >= 0.3 is 0 Å². The predicted octanol–water partition coefficient (Wildman–Crippen LogP) is 2.99. The molecule has 2 rings (SSSR count). The Hall–Kier alpha value is -0.580. The lowest BCUT2D eigenvalue weighted by molar-refractivity contribution is 0.0945. The van der Waals surface area contributed by atoms with E-state index in [4.69, 9.17) is 11.6 Å². The van der Waals surface area contributed by atoms with E-state index in [1.54, 1.807) is 18.2 Å². The van der Waals surface area contributed by atoms with Gasteiger partial charge in [-0.25, -0.2) is 0 Å². The van der Waals surface area contributed by atoms with Crippen LogP contribution < -0.4 is 5.32 Å². The fraction of sp³-hybridized carbons (Fsp3) is 0.462. The van der Waals surface area contributed by atoms with Gasteiger partial charge in [0.2, 0.25) is 0 Å². The van der Waals surface area contributed by atoms with Crippen LogP contribution in [0.3, 0.4) is 0 Å². The summed E-state index contributed by atoms with van der Waals surface area (Å²) in [5.74, 6) is 0.286. The van der Waals surface area contributed by atoms with Crippen LogP contribution in [0, 0.1) is 5.92 Å². The maximum absolute atomic E-state index is 11.9. The molecule has 2 unspecified atom stereocenters. The largest absolute Gasteiger partial charge is 0.393 e. The van der Waals surface area contributed by atoms with E-state index in [1.807, 2.05) is 0 Å². The Morgan fingerprint density at radius 2 is 2.28 bits per heavy atom. The molecule has 1 aromatic rings. The van der Waals surface area contributed by atoms with Gasteiger partial charge < -0.3 is 10.4 Å². The summed E-state index contributed by atoms with van der Waals surface area (Å²) in [4.78, 5) is 11.9. The van der Waals surface area contributed by atoms with Crippen LogP contribution in [0.1, 0.15) is 29.6 Å².